The Kier molecular flexibility index (Phi) is 2.11. The van der Waals surface area contributed by atoms with E-state index in [1.807, 2.05) is 0 Å². The number of carbonyl (C=O) groups excluding carboxylic acids is 1. The second-order valence-electron chi connectivity index (χ2n) is 2.72. The molecule has 2 N–H and O–H groups in total. The van der Waals surface area contributed by atoms with E-state index in [1.165, 1.54) is 0 Å². The molecule has 0 saturated heterocycles. The van der Waals surface area contributed by atoms with Crippen molar-refractivity contribution in [2.75, 3.05) is 0 Å². The minimum atomic E-state index is -0.716. The molecule has 1 aliphatic rings. The van der Waals surface area contributed by atoms with Crippen molar-refractivity contribution in [3.8, 4) is 0 Å². The first kappa shape index (κ1) is 7.34. The van der Waals surface area contributed by atoms with E-state index >= 15 is 0 Å². The van der Waals surface area contributed by atoms with Crippen LogP contribution in [0.5, 0.6) is 0 Å². The van der Waals surface area contributed by atoms with Crippen LogP contribution >= 0.6 is 0 Å². The van der Waals surface area contributed by atoms with E-state index < -0.39 is 11.9 Å². The molecule has 1 fully saturated rings. The Morgan fingerprint density at radius 3 is 2.70 bits per heavy atom. The van der Waals surface area contributed by atoms with Crippen molar-refractivity contribution in [2.24, 2.45) is 16.8 Å². The van der Waals surface area contributed by atoms with Crippen LogP contribution in [0, 0.1) is 10.8 Å². The topological polar surface area (TPSA) is 72.5 Å². The summed E-state index contributed by atoms with van der Waals surface area (Å²) >= 11 is 0. The number of nitrogens with zero attached hydrogens (tertiary/aromatic N) is 1. The maximum absolute atomic E-state index is 10.5. The van der Waals surface area contributed by atoms with Gasteiger partial charge in [-0.15, -0.1) is 4.91 Å². The first-order valence-electron chi connectivity index (χ1n) is 3.37. The summed E-state index contributed by atoms with van der Waals surface area (Å²) in [6.45, 7) is 0. The maximum atomic E-state index is 10.5. The molecule has 1 unspecified atom stereocenters. The van der Waals surface area contributed by atoms with Crippen LogP contribution in [-0.2, 0) is 4.79 Å². The summed E-state index contributed by atoms with van der Waals surface area (Å²) in [6.07, 6.45) is 2.91. The molecule has 0 aliphatic heterocycles. The molecule has 0 heterocycles. The van der Waals surface area contributed by atoms with E-state index in [1.54, 1.807) is 0 Å². The Morgan fingerprint density at radius 1 is 1.70 bits per heavy atom. The van der Waals surface area contributed by atoms with E-state index in [2.05, 4.69) is 5.18 Å². The third kappa shape index (κ3) is 1.88. The van der Waals surface area contributed by atoms with Crippen molar-refractivity contribution in [3.05, 3.63) is 4.91 Å². The Bertz CT molecular complexity index is 154. The average molecular weight is 142 g/mol. The smallest absolute Gasteiger partial charge is 0.302 e. The van der Waals surface area contributed by atoms with Gasteiger partial charge in [0.2, 0.25) is 0 Å². The molecule has 0 aromatic rings. The van der Waals surface area contributed by atoms with Gasteiger partial charge in [0.1, 0.15) is 0 Å². The standard InChI is InChI=1S/C6H10N2O2/c7-5(6(9)8-10)3-4-1-2-4/h4-5H,1-3,7H2. The van der Waals surface area contributed by atoms with Crippen LogP contribution in [0.1, 0.15) is 19.3 Å². The van der Waals surface area contributed by atoms with E-state index in [4.69, 9.17) is 5.73 Å². The number of amides is 1. The predicted molar refractivity (Wildman–Crippen MR) is 36.1 cm³/mol. The van der Waals surface area contributed by atoms with Gasteiger partial charge in [-0.25, -0.2) is 0 Å². The third-order valence-electron chi connectivity index (χ3n) is 1.69. The molecule has 0 spiro atoms. The third-order valence-corrected chi connectivity index (χ3v) is 1.69. The zero-order valence-electron chi connectivity index (χ0n) is 5.62. The Morgan fingerprint density at radius 2 is 2.30 bits per heavy atom. The Balaban J connectivity index is 2.24. The van der Waals surface area contributed by atoms with Crippen LogP contribution in [0.4, 0.5) is 0 Å². The van der Waals surface area contributed by atoms with E-state index in [0.717, 1.165) is 12.8 Å². The molecule has 1 atom stereocenters. The Labute approximate surface area is 58.8 Å². The normalized spacial score (nSPS) is 20.1. The summed E-state index contributed by atoms with van der Waals surface area (Å²) in [6, 6.07) is -0.648. The summed E-state index contributed by atoms with van der Waals surface area (Å²) in [5, 5.41) is 2.26. The lowest BCUT2D eigenvalue weighted by Crippen LogP contribution is -2.29. The maximum Gasteiger partial charge on any atom is 0.302 e. The number of nitrogens with two attached hydrogens (primary N) is 1. The molecule has 10 heavy (non-hydrogen) atoms. The molecule has 0 aromatic carbocycles. The van der Waals surface area contributed by atoms with Gasteiger partial charge in [-0.2, -0.15) is 0 Å². The zero-order valence-corrected chi connectivity index (χ0v) is 5.62. The van der Waals surface area contributed by atoms with Gasteiger partial charge in [0.15, 0.2) is 0 Å². The van der Waals surface area contributed by atoms with Crippen molar-refractivity contribution in [3.63, 3.8) is 0 Å². The number of hydrogen-bond acceptors (Lipinski definition) is 3. The Hall–Kier alpha value is -0.770. The van der Waals surface area contributed by atoms with Gasteiger partial charge in [0.25, 0.3) is 0 Å². The number of carbonyl (C=O) groups is 1. The van der Waals surface area contributed by atoms with Gasteiger partial charge in [-0.05, 0) is 12.3 Å². The quantitative estimate of drug-likeness (QED) is 0.580. The van der Waals surface area contributed by atoms with Crippen molar-refractivity contribution in [1.29, 1.82) is 0 Å². The number of nitroso groups, excluding NO2 is 1. The number of rotatable bonds is 3. The van der Waals surface area contributed by atoms with Crippen LogP contribution in [-0.4, -0.2) is 11.9 Å². The minimum Gasteiger partial charge on any atom is -0.320 e. The molecule has 56 valence electrons. The fraction of sp³-hybridized carbons (Fsp3) is 0.833. The van der Waals surface area contributed by atoms with Gasteiger partial charge >= 0.3 is 5.91 Å². The fourth-order valence-corrected chi connectivity index (χ4v) is 0.881. The lowest BCUT2D eigenvalue weighted by Gasteiger charge is -2.01. The highest BCUT2D eigenvalue weighted by Crippen LogP contribution is 2.33. The molecule has 0 aromatic heterocycles. The van der Waals surface area contributed by atoms with Crippen molar-refractivity contribution in [2.45, 2.75) is 25.3 Å². The SMILES string of the molecule is NC(CC1CC1)C(=O)N=O. The summed E-state index contributed by atoms with van der Waals surface area (Å²) in [5.74, 6) is -0.146. The molecule has 1 amide bonds. The molecule has 1 aliphatic carbocycles. The largest absolute Gasteiger partial charge is 0.320 e. The lowest BCUT2D eigenvalue weighted by atomic mass is 10.1. The van der Waals surface area contributed by atoms with Crippen molar-refractivity contribution >= 4 is 5.91 Å². The summed E-state index contributed by atoms with van der Waals surface area (Å²) < 4.78 is 0. The first-order chi connectivity index (χ1) is 4.74. The first-order valence-corrected chi connectivity index (χ1v) is 3.37. The zero-order chi connectivity index (χ0) is 7.56. The summed E-state index contributed by atoms with van der Waals surface area (Å²) in [5.41, 5.74) is 5.33. The minimum absolute atomic E-state index is 0.570. The van der Waals surface area contributed by atoms with Gasteiger partial charge < -0.3 is 5.73 Å². The monoisotopic (exact) mass is 142 g/mol. The van der Waals surface area contributed by atoms with Gasteiger partial charge in [-0.1, -0.05) is 12.8 Å². The van der Waals surface area contributed by atoms with Gasteiger partial charge in [0.05, 0.1) is 6.04 Å². The van der Waals surface area contributed by atoms with Crippen LogP contribution in [0.25, 0.3) is 0 Å². The van der Waals surface area contributed by atoms with Gasteiger partial charge in [0, 0.05) is 5.18 Å². The molecule has 1 rings (SSSR count). The molecular formula is C6H10N2O2. The van der Waals surface area contributed by atoms with E-state index in [-0.39, 0.29) is 0 Å². The van der Waals surface area contributed by atoms with E-state index in [9.17, 15) is 9.70 Å². The van der Waals surface area contributed by atoms with Crippen molar-refractivity contribution < 1.29 is 4.79 Å². The molecule has 0 radical (unpaired) electrons. The van der Waals surface area contributed by atoms with E-state index in [0.29, 0.717) is 12.3 Å². The van der Waals surface area contributed by atoms with Crippen LogP contribution in [0.3, 0.4) is 0 Å². The predicted octanol–water partition coefficient (Wildman–Crippen LogP) is 0.407. The second kappa shape index (κ2) is 2.88. The van der Waals surface area contributed by atoms with Crippen LogP contribution in [0.2, 0.25) is 0 Å². The second-order valence-corrected chi connectivity index (χ2v) is 2.72. The number of hydrogen-bond donors (Lipinski definition) is 1. The highest BCUT2D eigenvalue weighted by Gasteiger charge is 2.27. The fourth-order valence-electron chi connectivity index (χ4n) is 0.881. The molecule has 4 heteroatoms. The molecular weight excluding hydrogens is 132 g/mol. The lowest BCUT2D eigenvalue weighted by molar-refractivity contribution is -0.119. The van der Waals surface area contributed by atoms with Crippen LogP contribution < -0.4 is 5.73 Å². The highest BCUT2D eigenvalue weighted by molar-refractivity contribution is 5.82. The molecule has 1 saturated carbocycles. The molecule has 0 bridgehead atoms. The molecule has 4 nitrogen and oxygen atoms in total. The van der Waals surface area contributed by atoms with Crippen molar-refractivity contribution in [1.82, 2.24) is 0 Å². The summed E-state index contributed by atoms with van der Waals surface area (Å²) in [4.78, 5) is 20.1. The average Bonchev–Trinajstić information content (AvgIpc) is 2.70. The van der Waals surface area contributed by atoms with Gasteiger partial charge in [-0.3, -0.25) is 4.79 Å². The van der Waals surface area contributed by atoms with Crippen LogP contribution in [0.15, 0.2) is 5.18 Å². The summed E-state index contributed by atoms with van der Waals surface area (Å²) in [7, 11) is 0. The highest BCUT2D eigenvalue weighted by atomic mass is 16.3.